The predicted molar refractivity (Wildman–Crippen MR) is 63.2 cm³/mol. The molecule has 0 aromatic rings. The van der Waals surface area contributed by atoms with Crippen LogP contribution in [0.5, 0.6) is 0 Å². The van der Waals surface area contributed by atoms with E-state index in [1.54, 1.807) is 14.0 Å². The van der Waals surface area contributed by atoms with Gasteiger partial charge in [-0.2, -0.15) is 26.1 Å². The van der Waals surface area contributed by atoms with Crippen LogP contribution < -0.4 is 5.32 Å². The Labute approximate surface area is 110 Å². The number of allylic oxidation sites excluding steroid dienone is 2. The third-order valence-electron chi connectivity index (χ3n) is 3.52. The van der Waals surface area contributed by atoms with Crippen LogP contribution in [0.1, 0.15) is 6.92 Å². The maximum atomic E-state index is 9.43. The lowest BCUT2D eigenvalue weighted by Gasteiger charge is -2.28. The zero-order valence-corrected chi connectivity index (χ0v) is 10.4. The lowest BCUT2D eigenvalue weighted by Crippen LogP contribution is -2.44. The van der Waals surface area contributed by atoms with Crippen molar-refractivity contribution < 1.29 is 0 Å². The standard InChI is InChI=1S/C12H9N7/c1-8-9-10(18-19(2)7-17-9)12(5-15,6-16)11(8,3-13)4-14/h17H,7H2,1-2H3. The maximum Gasteiger partial charge on any atom is 0.224 e. The summed E-state index contributed by atoms with van der Waals surface area (Å²) in [5, 5.41) is 46.3. The Kier molecular flexibility index (Phi) is 2.44. The smallest absolute Gasteiger partial charge is 0.224 e. The van der Waals surface area contributed by atoms with Gasteiger partial charge in [0.2, 0.25) is 10.8 Å². The van der Waals surface area contributed by atoms with Crippen molar-refractivity contribution in [2.24, 2.45) is 15.9 Å². The monoisotopic (exact) mass is 251 g/mol. The number of fused-ring (bicyclic) bond motifs is 1. The first kappa shape index (κ1) is 12.4. The minimum atomic E-state index is -1.91. The van der Waals surface area contributed by atoms with E-state index in [0.717, 1.165) is 0 Å². The van der Waals surface area contributed by atoms with E-state index < -0.39 is 10.8 Å². The van der Waals surface area contributed by atoms with Crippen molar-refractivity contribution in [1.82, 2.24) is 10.3 Å². The molecule has 2 aliphatic rings. The average molecular weight is 251 g/mol. The molecule has 0 bridgehead atoms. The second kappa shape index (κ2) is 3.73. The largest absolute Gasteiger partial charge is 0.365 e. The van der Waals surface area contributed by atoms with Crippen LogP contribution in [0.3, 0.4) is 0 Å². The van der Waals surface area contributed by atoms with Gasteiger partial charge in [0, 0.05) is 7.05 Å². The molecule has 0 saturated heterocycles. The zero-order chi connectivity index (χ0) is 14.3. The second-order valence-electron chi connectivity index (χ2n) is 4.39. The summed E-state index contributed by atoms with van der Waals surface area (Å²) < 4.78 is 0. The Morgan fingerprint density at radius 2 is 1.63 bits per heavy atom. The van der Waals surface area contributed by atoms with Gasteiger partial charge in [-0.1, -0.05) is 0 Å². The zero-order valence-electron chi connectivity index (χ0n) is 10.4. The number of nitrogens with zero attached hydrogens (tertiary/aromatic N) is 6. The van der Waals surface area contributed by atoms with Gasteiger partial charge in [-0.05, 0) is 12.5 Å². The fourth-order valence-electron chi connectivity index (χ4n) is 2.41. The molecule has 1 aliphatic carbocycles. The molecule has 92 valence electrons. The van der Waals surface area contributed by atoms with Crippen molar-refractivity contribution in [3.63, 3.8) is 0 Å². The summed E-state index contributed by atoms with van der Waals surface area (Å²) in [5.74, 6) is 0. The van der Waals surface area contributed by atoms with E-state index in [2.05, 4.69) is 10.4 Å². The molecule has 1 heterocycles. The van der Waals surface area contributed by atoms with E-state index in [-0.39, 0.29) is 5.71 Å². The van der Waals surface area contributed by atoms with E-state index in [4.69, 9.17) is 0 Å². The van der Waals surface area contributed by atoms with Crippen LogP contribution in [0.4, 0.5) is 0 Å². The first-order valence-corrected chi connectivity index (χ1v) is 5.44. The highest BCUT2D eigenvalue weighted by Gasteiger charge is 2.66. The van der Waals surface area contributed by atoms with Crippen LogP contribution in [-0.4, -0.2) is 24.4 Å². The third kappa shape index (κ3) is 1.14. The number of rotatable bonds is 0. The van der Waals surface area contributed by atoms with E-state index in [0.29, 0.717) is 17.9 Å². The van der Waals surface area contributed by atoms with Crippen LogP contribution in [-0.2, 0) is 0 Å². The highest BCUT2D eigenvalue weighted by Crippen LogP contribution is 2.53. The van der Waals surface area contributed by atoms with Gasteiger partial charge < -0.3 is 5.32 Å². The van der Waals surface area contributed by atoms with E-state index in [9.17, 15) is 21.0 Å². The Morgan fingerprint density at radius 3 is 2.11 bits per heavy atom. The van der Waals surface area contributed by atoms with Crippen LogP contribution in [0.15, 0.2) is 16.4 Å². The van der Waals surface area contributed by atoms with Crippen LogP contribution in [0.2, 0.25) is 0 Å². The molecule has 0 aromatic carbocycles. The first-order valence-electron chi connectivity index (χ1n) is 5.44. The van der Waals surface area contributed by atoms with E-state index >= 15 is 0 Å². The molecule has 7 heteroatoms. The molecule has 0 saturated carbocycles. The highest BCUT2D eigenvalue weighted by atomic mass is 15.5. The molecule has 0 amide bonds. The molecule has 0 spiro atoms. The summed E-state index contributed by atoms with van der Waals surface area (Å²) in [6.45, 7) is 1.96. The number of hydrogen-bond acceptors (Lipinski definition) is 7. The summed E-state index contributed by atoms with van der Waals surface area (Å²) in [5.41, 5.74) is -2.77. The van der Waals surface area contributed by atoms with Crippen molar-refractivity contribution in [2.75, 3.05) is 13.7 Å². The molecule has 1 aliphatic heterocycles. The SMILES string of the molecule is CC1=C2NCN(C)N=C2C(C#N)(C#N)C1(C#N)C#N. The fourth-order valence-corrected chi connectivity index (χ4v) is 2.41. The molecule has 0 fully saturated rings. The van der Waals surface area contributed by atoms with Gasteiger partial charge in [0.25, 0.3) is 0 Å². The summed E-state index contributed by atoms with van der Waals surface area (Å²) in [7, 11) is 1.67. The van der Waals surface area contributed by atoms with Gasteiger partial charge in [-0.3, -0.25) is 5.01 Å². The predicted octanol–water partition coefficient (Wildman–Crippen LogP) is 0.190. The Balaban J connectivity index is 2.89. The van der Waals surface area contributed by atoms with E-state index in [1.165, 1.54) is 5.01 Å². The number of nitriles is 4. The first-order chi connectivity index (χ1) is 9.02. The van der Waals surface area contributed by atoms with Crippen molar-refractivity contribution in [1.29, 1.82) is 21.0 Å². The Morgan fingerprint density at radius 1 is 1.11 bits per heavy atom. The Hall–Kier alpha value is -3.03. The number of nitrogens with one attached hydrogen (secondary N) is 1. The van der Waals surface area contributed by atoms with Crippen molar-refractivity contribution in [3.8, 4) is 24.3 Å². The van der Waals surface area contributed by atoms with Crippen LogP contribution in [0, 0.1) is 56.2 Å². The third-order valence-corrected chi connectivity index (χ3v) is 3.52. The van der Waals surface area contributed by atoms with Crippen molar-refractivity contribution in [3.05, 3.63) is 11.3 Å². The van der Waals surface area contributed by atoms with Crippen molar-refractivity contribution in [2.45, 2.75) is 6.92 Å². The van der Waals surface area contributed by atoms with Gasteiger partial charge in [0.15, 0.2) is 0 Å². The maximum absolute atomic E-state index is 9.43. The summed E-state index contributed by atoms with van der Waals surface area (Å²) in [6.07, 6.45) is 0. The summed E-state index contributed by atoms with van der Waals surface area (Å²) in [6, 6.07) is 7.32. The van der Waals surface area contributed by atoms with E-state index in [1.807, 2.05) is 24.3 Å². The second-order valence-corrected chi connectivity index (χ2v) is 4.39. The summed E-state index contributed by atoms with van der Waals surface area (Å²) in [4.78, 5) is 0. The molecular formula is C12H9N7. The molecular weight excluding hydrogens is 242 g/mol. The molecule has 2 rings (SSSR count). The topological polar surface area (TPSA) is 123 Å². The van der Waals surface area contributed by atoms with Crippen LogP contribution in [0.25, 0.3) is 0 Å². The van der Waals surface area contributed by atoms with Gasteiger partial charge in [-0.15, -0.1) is 0 Å². The molecule has 0 unspecified atom stereocenters. The molecule has 19 heavy (non-hydrogen) atoms. The minimum absolute atomic E-state index is 0.145. The number of hydrogen-bond donors (Lipinski definition) is 1. The quantitative estimate of drug-likeness (QED) is 0.655. The highest BCUT2D eigenvalue weighted by molar-refractivity contribution is 6.13. The molecule has 0 aromatic heterocycles. The lowest BCUT2D eigenvalue weighted by molar-refractivity contribution is 0.322. The normalized spacial score (nSPS) is 22.0. The fraction of sp³-hybridized carbons (Fsp3) is 0.417. The molecule has 0 radical (unpaired) electrons. The van der Waals surface area contributed by atoms with Gasteiger partial charge in [-0.25, -0.2) is 0 Å². The van der Waals surface area contributed by atoms with Gasteiger partial charge >= 0.3 is 0 Å². The molecule has 1 N–H and O–H groups in total. The molecule has 7 nitrogen and oxygen atoms in total. The van der Waals surface area contributed by atoms with Crippen LogP contribution >= 0.6 is 0 Å². The summed E-state index contributed by atoms with van der Waals surface area (Å²) >= 11 is 0. The number of hydrazone groups is 1. The molecule has 0 atom stereocenters. The average Bonchev–Trinajstić information content (AvgIpc) is 2.64. The lowest BCUT2D eigenvalue weighted by atomic mass is 9.65. The Bertz CT molecular complexity index is 643. The van der Waals surface area contributed by atoms with Crippen molar-refractivity contribution >= 4 is 5.71 Å². The van der Waals surface area contributed by atoms with Gasteiger partial charge in [0.05, 0.1) is 30.0 Å². The minimum Gasteiger partial charge on any atom is -0.365 e. The van der Waals surface area contributed by atoms with Gasteiger partial charge in [0.1, 0.15) is 12.4 Å².